The first-order valence-corrected chi connectivity index (χ1v) is 21.1. The van der Waals surface area contributed by atoms with Gasteiger partial charge in [0.05, 0.1) is 0 Å². The third-order valence-electron chi connectivity index (χ3n) is 11.9. The number of nitrogen functional groups attached to an aromatic ring is 2. The maximum Gasteiger partial charge on any atom is 0.460 e. The molecule has 4 rings (SSSR count). The zero-order valence-corrected chi connectivity index (χ0v) is 39.7. The standard InChI is InChI=1S/C43H18F40N2O2/c44-26(45,28(48,49)30(52,53)32(56,57)34(60,61)36(64,65)38(68,69)42(78,79)80)17-9-19(84)13-23(11-17)86-21-5-1-15(2-6-21)25(40(72,73)74,41(75,76)77)16-3-7-22(8-4-16)87-24-12-18(10-20(85)14-24)27(46,47)29(50,51)31(54,55)33(58,59)35(62,63)37(66,67)39(70,71)43(81,82)83/h1-14H,84-85H2. The summed E-state index contributed by atoms with van der Waals surface area (Å²) in [6.07, 6.45) is -29.6. The fourth-order valence-electron chi connectivity index (χ4n) is 7.22. The molecule has 0 aliphatic carbocycles. The van der Waals surface area contributed by atoms with Crippen molar-refractivity contribution in [3.63, 3.8) is 0 Å². The summed E-state index contributed by atoms with van der Waals surface area (Å²) in [5.74, 6) is -126. The number of benzene rings is 4. The van der Waals surface area contributed by atoms with Gasteiger partial charge in [-0.15, -0.1) is 0 Å². The van der Waals surface area contributed by atoms with Crippen LogP contribution in [0.2, 0.25) is 0 Å². The van der Waals surface area contributed by atoms with Crippen LogP contribution in [0.15, 0.2) is 84.9 Å². The van der Waals surface area contributed by atoms with E-state index in [1.54, 1.807) is 0 Å². The van der Waals surface area contributed by atoms with Crippen LogP contribution in [0.25, 0.3) is 0 Å². The average molecular weight is 1350 g/mol. The molecule has 0 heterocycles. The van der Waals surface area contributed by atoms with Gasteiger partial charge in [0.15, 0.2) is 0 Å². The van der Waals surface area contributed by atoms with Gasteiger partial charge in [-0.1, -0.05) is 24.3 Å². The van der Waals surface area contributed by atoms with E-state index in [9.17, 15) is 158 Å². The monoisotopic (exact) mass is 1350 g/mol. The molecule has 0 aromatic heterocycles. The van der Waals surface area contributed by atoms with Crippen molar-refractivity contribution in [1.29, 1.82) is 0 Å². The Morgan fingerprint density at radius 3 is 0.621 bits per heavy atom. The first-order chi connectivity index (χ1) is 38.1. The molecule has 0 saturated heterocycles. The number of alkyl halides is 40. The Hall–Kier alpha value is -6.72. The lowest BCUT2D eigenvalue weighted by Gasteiger charge is -2.42. The number of hydrogen-bond donors (Lipinski definition) is 2. The lowest BCUT2D eigenvalue weighted by Crippen LogP contribution is -2.74. The number of nitrogens with two attached hydrogens (primary N) is 2. The van der Waals surface area contributed by atoms with Crippen molar-refractivity contribution < 1.29 is 185 Å². The van der Waals surface area contributed by atoms with Gasteiger partial charge in [0.1, 0.15) is 23.0 Å². The zero-order valence-electron chi connectivity index (χ0n) is 39.7. The molecule has 44 heteroatoms. The van der Waals surface area contributed by atoms with Gasteiger partial charge in [0.2, 0.25) is 5.41 Å². The maximum atomic E-state index is 15.1. The summed E-state index contributed by atoms with van der Waals surface area (Å²) in [5, 5.41) is 0. The molecule has 0 amide bonds. The Bertz CT molecular complexity index is 2920. The van der Waals surface area contributed by atoms with Gasteiger partial charge in [-0.2, -0.15) is 176 Å². The van der Waals surface area contributed by atoms with Crippen molar-refractivity contribution in [2.45, 2.75) is 113 Å². The largest absolute Gasteiger partial charge is 0.460 e. The highest BCUT2D eigenvalue weighted by Crippen LogP contribution is 2.68. The molecule has 492 valence electrons. The van der Waals surface area contributed by atoms with Gasteiger partial charge in [-0.3, -0.25) is 0 Å². The minimum absolute atomic E-state index is 0.0523. The summed E-state index contributed by atoms with van der Waals surface area (Å²) in [6.45, 7) is 0. The van der Waals surface area contributed by atoms with Gasteiger partial charge in [0, 0.05) is 34.6 Å². The van der Waals surface area contributed by atoms with Crippen LogP contribution in [0.4, 0.5) is 187 Å². The molecule has 0 radical (unpaired) electrons. The van der Waals surface area contributed by atoms with Gasteiger partial charge in [-0.05, 0) is 59.7 Å². The summed E-state index contributed by atoms with van der Waals surface area (Å²) >= 11 is 0. The van der Waals surface area contributed by atoms with E-state index in [0.717, 1.165) is 0 Å². The average Bonchev–Trinajstić information content (AvgIpc) is 0.736. The van der Waals surface area contributed by atoms with E-state index < -0.39 is 194 Å². The second-order valence-corrected chi connectivity index (χ2v) is 17.6. The second-order valence-electron chi connectivity index (χ2n) is 17.6. The van der Waals surface area contributed by atoms with Gasteiger partial charge >= 0.3 is 108 Å². The molecule has 0 aliphatic heterocycles. The van der Waals surface area contributed by atoms with E-state index in [1.165, 1.54) is 0 Å². The molecule has 0 bridgehead atoms. The molecule has 0 fully saturated rings. The van der Waals surface area contributed by atoms with Crippen LogP contribution in [-0.2, 0) is 17.3 Å². The molecule has 4 nitrogen and oxygen atoms in total. The third-order valence-corrected chi connectivity index (χ3v) is 11.9. The van der Waals surface area contributed by atoms with Crippen LogP contribution in [0, 0.1) is 0 Å². The van der Waals surface area contributed by atoms with Crippen LogP contribution in [0.3, 0.4) is 0 Å². The number of hydrogen-bond acceptors (Lipinski definition) is 4. The van der Waals surface area contributed by atoms with E-state index in [1.807, 2.05) is 0 Å². The first kappa shape index (κ1) is 72.8. The van der Waals surface area contributed by atoms with Crippen molar-refractivity contribution in [3.8, 4) is 23.0 Å². The van der Waals surface area contributed by atoms with E-state index in [4.69, 9.17) is 20.9 Å². The van der Waals surface area contributed by atoms with E-state index in [-0.39, 0.29) is 60.7 Å². The lowest BCUT2D eigenvalue weighted by molar-refractivity contribution is -0.462. The summed E-state index contributed by atoms with van der Waals surface area (Å²) < 4.78 is 571. The van der Waals surface area contributed by atoms with E-state index in [2.05, 4.69) is 0 Å². The molecule has 0 aliphatic rings. The minimum Gasteiger partial charge on any atom is -0.457 e. The summed E-state index contributed by atoms with van der Waals surface area (Å²) in [5.41, 5.74) is -8.40. The maximum absolute atomic E-state index is 15.1. The SMILES string of the molecule is Nc1cc(Oc2ccc(C(c3ccc(Oc4cc(N)cc(C(F)(F)C(F)(F)C(F)(F)C(F)(F)C(F)(F)C(F)(F)C(F)(F)C(F)(F)F)c4)cc3)(C(F)(F)F)C(F)(F)F)cc2)cc(C(F)(F)C(F)(F)C(F)(F)C(F)(F)C(F)(F)C(F)(F)C(F)(F)C(F)(F)F)c1. The second kappa shape index (κ2) is 20.7. The Labute approximate surface area is 451 Å². The van der Waals surface area contributed by atoms with Crippen LogP contribution in [-0.4, -0.2) is 95.8 Å². The van der Waals surface area contributed by atoms with Crippen molar-refractivity contribution in [1.82, 2.24) is 0 Å². The fourth-order valence-corrected chi connectivity index (χ4v) is 7.22. The first-order valence-electron chi connectivity index (χ1n) is 21.1. The lowest BCUT2D eigenvalue weighted by atomic mass is 9.73. The molecule has 4 aromatic carbocycles. The molecule has 4 aromatic rings. The van der Waals surface area contributed by atoms with Crippen LogP contribution >= 0.6 is 0 Å². The molecule has 4 N–H and O–H groups in total. The predicted octanol–water partition coefficient (Wildman–Crippen LogP) is 18.8. The van der Waals surface area contributed by atoms with Gasteiger partial charge in [0.25, 0.3) is 0 Å². The van der Waals surface area contributed by atoms with Gasteiger partial charge < -0.3 is 20.9 Å². The van der Waals surface area contributed by atoms with Crippen LogP contribution in [0.1, 0.15) is 22.3 Å². The molecule has 0 atom stereocenters. The summed E-state index contributed by atoms with van der Waals surface area (Å²) in [6, 6.07) is -4.00. The van der Waals surface area contributed by atoms with Crippen molar-refractivity contribution in [3.05, 3.63) is 107 Å². The fraction of sp³-hybridized carbons (Fsp3) is 0.442. The molecule has 0 spiro atoms. The van der Waals surface area contributed by atoms with Crippen LogP contribution in [0.5, 0.6) is 23.0 Å². The molecule has 87 heavy (non-hydrogen) atoms. The Morgan fingerprint density at radius 1 is 0.207 bits per heavy atom. The van der Waals surface area contributed by atoms with Crippen molar-refractivity contribution in [2.24, 2.45) is 0 Å². The van der Waals surface area contributed by atoms with E-state index in [0.29, 0.717) is 0 Å². The highest BCUT2D eigenvalue weighted by atomic mass is 19.5. The Balaban J connectivity index is 1.74. The molecule has 0 unspecified atom stereocenters. The van der Waals surface area contributed by atoms with Crippen molar-refractivity contribution in [2.75, 3.05) is 11.5 Å². The highest BCUT2D eigenvalue weighted by molar-refractivity contribution is 5.54. The minimum atomic E-state index is -9.04. The quantitative estimate of drug-likeness (QED) is 0.0683. The molecular weight excluding hydrogens is 1340 g/mol. The number of halogens is 40. The summed E-state index contributed by atoms with van der Waals surface area (Å²) in [4.78, 5) is 0. The molecule has 0 saturated carbocycles. The summed E-state index contributed by atoms with van der Waals surface area (Å²) in [7, 11) is 0. The zero-order chi connectivity index (χ0) is 68.6. The Kier molecular flexibility index (Phi) is 17.3. The number of rotatable bonds is 20. The van der Waals surface area contributed by atoms with Crippen LogP contribution < -0.4 is 20.9 Å². The number of ether oxygens (including phenoxy) is 2. The smallest absolute Gasteiger partial charge is 0.457 e. The number of anilines is 2. The normalized spacial score (nSPS) is 15.4. The predicted molar refractivity (Wildman–Crippen MR) is 207 cm³/mol. The third kappa shape index (κ3) is 10.4. The highest BCUT2D eigenvalue weighted by Gasteiger charge is 2.97. The van der Waals surface area contributed by atoms with E-state index >= 15 is 17.6 Å². The van der Waals surface area contributed by atoms with Gasteiger partial charge in [-0.25, -0.2) is 0 Å². The molecular formula is C43H18F40N2O2. The topological polar surface area (TPSA) is 70.5 Å². The Morgan fingerprint density at radius 2 is 0.414 bits per heavy atom. The van der Waals surface area contributed by atoms with Crippen molar-refractivity contribution >= 4 is 11.4 Å².